The van der Waals surface area contributed by atoms with Crippen LogP contribution in [-0.4, -0.2) is 35.4 Å². The average Bonchev–Trinajstić information content (AvgIpc) is 2.69. The van der Waals surface area contributed by atoms with Gasteiger partial charge in [0.15, 0.2) is 5.82 Å². The van der Waals surface area contributed by atoms with Gasteiger partial charge in [0.25, 0.3) is 0 Å². The first-order valence-corrected chi connectivity index (χ1v) is 8.22. The molecule has 3 rings (SSSR count). The molecule has 0 radical (unpaired) electrons. The zero-order valence-corrected chi connectivity index (χ0v) is 15.3. The fraction of sp³-hybridized carbons (Fsp3) is 0.111. The summed E-state index contributed by atoms with van der Waals surface area (Å²) in [5.41, 5.74) is 1.60. The Bertz CT molecular complexity index is 967. The summed E-state index contributed by atoms with van der Waals surface area (Å²) in [4.78, 5) is 16.0. The monoisotopic (exact) mass is 385 g/mol. The van der Waals surface area contributed by atoms with E-state index < -0.39 is 5.97 Å². The highest BCUT2D eigenvalue weighted by Crippen LogP contribution is 2.26. The minimum Gasteiger partial charge on any atom is -0.497 e. The number of nitrogens with zero attached hydrogens (tertiary/aromatic N) is 3. The van der Waals surface area contributed by atoms with Crippen LogP contribution in [0.4, 0.5) is 23.1 Å². The summed E-state index contributed by atoms with van der Waals surface area (Å²) >= 11 is 6.19. The van der Waals surface area contributed by atoms with E-state index in [-0.39, 0.29) is 5.95 Å². The Hall–Kier alpha value is -3.39. The molecule has 0 fully saturated rings. The van der Waals surface area contributed by atoms with Crippen molar-refractivity contribution in [3.05, 3.63) is 59.2 Å². The molecule has 0 amide bonds. The quantitative estimate of drug-likeness (QED) is 0.618. The van der Waals surface area contributed by atoms with Crippen molar-refractivity contribution in [1.29, 1.82) is 0 Å². The summed E-state index contributed by atoms with van der Waals surface area (Å²) in [6, 6.07) is 12.1. The fourth-order valence-corrected chi connectivity index (χ4v) is 2.42. The Labute approximate surface area is 160 Å². The average molecular weight is 386 g/mol. The third-order valence-corrected chi connectivity index (χ3v) is 3.86. The van der Waals surface area contributed by atoms with E-state index in [1.165, 1.54) is 13.3 Å². The van der Waals surface area contributed by atoms with Gasteiger partial charge in [-0.15, -0.1) is 5.10 Å². The van der Waals surface area contributed by atoms with Crippen LogP contribution in [0.5, 0.6) is 5.75 Å². The number of aromatic nitrogens is 3. The second-order valence-electron chi connectivity index (χ2n) is 5.33. The topological polar surface area (TPSA) is 98.3 Å². The van der Waals surface area contributed by atoms with Crippen molar-refractivity contribution < 1.29 is 14.3 Å². The zero-order chi connectivity index (χ0) is 19.2. The predicted octanol–water partition coefficient (Wildman–Crippen LogP) is 3.81. The highest BCUT2D eigenvalue weighted by molar-refractivity contribution is 6.33. The van der Waals surface area contributed by atoms with E-state index in [0.29, 0.717) is 27.8 Å². The molecule has 0 atom stereocenters. The maximum atomic E-state index is 11.7. The Morgan fingerprint density at radius 3 is 2.74 bits per heavy atom. The van der Waals surface area contributed by atoms with Gasteiger partial charge in [-0.05, 0) is 30.3 Å². The molecule has 0 saturated heterocycles. The summed E-state index contributed by atoms with van der Waals surface area (Å²) in [5, 5.41) is 14.4. The minimum absolute atomic E-state index is 0.286. The van der Waals surface area contributed by atoms with Crippen molar-refractivity contribution in [2.45, 2.75) is 0 Å². The molecule has 0 spiro atoms. The van der Waals surface area contributed by atoms with Gasteiger partial charge in [-0.3, -0.25) is 0 Å². The molecule has 0 aliphatic carbocycles. The zero-order valence-electron chi connectivity index (χ0n) is 14.6. The van der Waals surface area contributed by atoms with Crippen molar-refractivity contribution in [2.75, 3.05) is 24.9 Å². The Kier molecular flexibility index (Phi) is 5.68. The lowest BCUT2D eigenvalue weighted by molar-refractivity contribution is 0.0601. The van der Waals surface area contributed by atoms with Crippen LogP contribution in [0.25, 0.3) is 0 Å². The molecule has 8 nitrogen and oxygen atoms in total. The van der Waals surface area contributed by atoms with Crippen molar-refractivity contribution in [3.63, 3.8) is 0 Å². The molecule has 0 bridgehead atoms. The number of ether oxygens (including phenoxy) is 2. The van der Waals surface area contributed by atoms with E-state index in [9.17, 15) is 4.79 Å². The molecule has 138 valence electrons. The van der Waals surface area contributed by atoms with Gasteiger partial charge in [-0.25, -0.2) is 4.79 Å². The normalized spacial score (nSPS) is 10.2. The minimum atomic E-state index is -0.462. The summed E-state index contributed by atoms with van der Waals surface area (Å²) in [6.45, 7) is 0. The SMILES string of the molecule is COC(=O)c1ccc(Cl)c(Nc2cnnc(Nc3cccc(OC)c3)n2)c1. The van der Waals surface area contributed by atoms with E-state index in [1.54, 1.807) is 31.4 Å². The van der Waals surface area contributed by atoms with Crippen LogP contribution in [0.2, 0.25) is 5.02 Å². The van der Waals surface area contributed by atoms with Crippen LogP contribution < -0.4 is 15.4 Å². The lowest BCUT2D eigenvalue weighted by atomic mass is 10.2. The first-order chi connectivity index (χ1) is 13.1. The molecule has 0 aliphatic rings. The molecule has 9 heteroatoms. The lowest BCUT2D eigenvalue weighted by Crippen LogP contribution is -2.04. The highest BCUT2D eigenvalue weighted by Gasteiger charge is 2.10. The van der Waals surface area contributed by atoms with Gasteiger partial charge in [-0.1, -0.05) is 17.7 Å². The molecular formula is C18H16ClN5O3. The summed E-state index contributed by atoms with van der Waals surface area (Å²) in [6.07, 6.45) is 1.44. The van der Waals surface area contributed by atoms with Gasteiger partial charge in [0, 0.05) is 11.8 Å². The maximum Gasteiger partial charge on any atom is 0.337 e. The van der Waals surface area contributed by atoms with Crippen molar-refractivity contribution >= 4 is 40.7 Å². The number of methoxy groups -OCH3 is 2. The summed E-state index contributed by atoms with van der Waals surface area (Å²) < 4.78 is 9.90. The van der Waals surface area contributed by atoms with Crippen LogP contribution in [-0.2, 0) is 4.74 Å². The highest BCUT2D eigenvalue weighted by atomic mass is 35.5. The van der Waals surface area contributed by atoms with Gasteiger partial charge >= 0.3 is 5.97 Å². The smallest absolute Gasteiger partial charge is 0.337 e. The molecule has 2 aromatic carbocycles. The maximum absolute atomic E-state index is 11.7. The second kappa shape index (κ2) is 8.33. The van der Waals surface area contributed by atoms with Crippen LogP contribution in [0, 0.1) is 0 Å². The van der Waals surface area contributed by atoms with E-state index in [4.69, 9.17) is 21.1 Å². The largest absolute Gasteiger partial charge is 0.497 e. The number of esters is 1. The van der Waals surface area contributed by atoms with Crippen LogP contribution in [0.1, 0.15) is 10.4 Å². The Morgan fingerprint density at radius 1 is 1.11 bits per heavy atom. The number of carbonyl (C=O) groups is 1. The number of hydrogen-bond acceptors (Lipinski definition) is 8. The number of hydrogen-bond donors (Lipinski definition) is 2. The molecule has 0 saturated carbocycles. The third-order valence-electron chi connectivity index (χ3n) is 3.53. The second-order valence-corrected chi connectivity index (χ2v) is 5.74. The molecule has 0 aliphatic heterocycles. The first kappa shape index (κ1) is 18.4. The van der Waals surface area contributed by atoms with Gasteiger partial charge in [0.1, 0.15) is 5.75 Å². The van der Waals surface area contributed by atoms with E-state index in [0.717, 1.165) is 5.69 Å². The molecule has 3 aromatic rings. The van der Waals surface area contributed by atoms with Crippen LogP contribution >= 0.6 is 11.6 Å². The summed E-state index contributed by atoms with van der Waals surface area (Å²) in [5.74, 6) is 0.928. The van der Waals surface area contributed by atoms with E-state index >= 15 is 0 Å². The summed E-state index contributed by atoms with van der Waals surface area (Å²) in [7, 11) is 2.91. The standard InChI is InChI=1S/C18H16ClN5O3/c1-26-13-5-3-4-12(9-13)21-18-23-16(10-20-24-18)22-15-8-11(17(25)27-2)6-7-14(15)19/h3-10H,1-2H3,(H2,21,22,23,24). The van der Waals surface area contributed by atoms with Gasteiger partial charge in [0.05, 0.1) is 36.7 Å². The molecule has 1 aromatic heterocycles. The van der Waals surface area contributed by atoms with Gasteiger partial charge < -0.3 is 20.1 Å². The molecule has 0 unspecified atom stereocenters. The lowest BCUT2D eigenvalue weighted by Gasteiger charge is -2.10. The number of carbonyl (C=O) groups excluding carboxylic acids is 1. The number of benzene rings is 2. The fourth-order valence-electron chi connectivity index (χ4n) is 2.25. The number of halogens is 1. The number of nitrogens with one attached hydrogen (secondary N) is 2. The molecule has 2 N–H and O–H groups in total. The van der Waals surface area contributed by atoms with Crippen molar-refractivity contribution in [1.82, 2.24) is 15.2 Å². The van der Waals surface area contributed by atoms with E-state index in [1.807, 2.05) is 18.2 Å². The van der Waals surface area contributed by atoms with Gasteiger partial charge in [-0.2, -0.15) is 10.1 Å². The van der Waals surface area contributed by atoms with Crippen LogP contribution in [0.3, 0.4) is 0 Å². The Balaban J connectivity index is 1.81. The first-order valence-electron chi connectivity index (χ1n) is 7.84. The Morgan fingerprint density at radius 2 is 1.96 bits per heavy atom. The van der Waals surface area contributed by atoms with Crippen molar-refractivity contribution in [3.8, 4) is 5.75 Å². The van der Waals surface area contributed by atoms with Crippen molar-refractivity contribution in [2.24, 2.45) is 0 Å². The molecule has 27 heavy (non-hydrogen) atoms. The number of anilines is 4. The van der Waals surface area contributed by atoms with Gasteiger partial charge in [0.2, 0.25) is 5.95 Å². The third kappa shape index (κ3) is 4.62. The van der Waals surface area contributed by atoms with E-state index in [2.05, 4.69) is 25.8 Å². The molecular weight excluding hydrogens is 370 g/mol. The predicted molar refractivity (Wildman–Crippen MR) is 102 cm³/mol. The number of rotatable bonds is 6. The molecule has 1 heterocycles. The van der Waals surface area contributed by atoms with Crippen LogP contribution in [0.15, 0.2) is 48.7 Å².